The van der Waals surface area contributed by atoms with Crippen LogP contribution in [0.1, 0.15) is 45.9 Å². The van der Waals surface area contributed by atoms with Crippen LogP contribution in [0.3, 0.4) is 0 Å². The third kappa shape index (κ3) is 3.68. The van der Waals surface area contributed by atoms with Gasteiger partial charge in [-0.1, -0.05) is 12.1 Å². The molecule has 2 aromatic rings. The summed E-state index contributed by atoms with van der Waals surface area (Å²) >= 11 is 0. The summed E-state index contributed by atoms with van der Waals surface area (Å²) in [4.78, 5) is 25.4. The molecular weight excluding hydrogens is 398 g/mol. The molecule has 0 aliphatic carbocycles. The van der Waals surface area contributed by atoms with Crippen molar-refractivity contribution in [1.82, 2.24) is 4.57 Å². The van der Waals surface area contributed by atoms with Crippen LogP contribution in [0.15, 0.2) is 46.6 Å². The van der Waals surface area contributed by atoms with Crippen molar-refractivity contribution in [2.75, 3.05) is 13.7 Å². The number of allylic oxidation sites excluding steroid dienone is 1. The molecule has 0 spiro atoms. The van der Waals surface area contributed by atoms with Gasteiger partial charge < -0.3 is 24.5 Å². The highest BCUT2D eigenvalue weighted by Crippen LogP contribution is 2.40. The lowest BCUT2D eigenvalue weighted by molar-refractivity contribution is 0.0600. The number of pyridine rings is 1. The molecule has 3 heterocycles. The second-order valence-corrected chi connectivity index (χ2v) is 7.65. The topological polar surface area (TPSA) is 117 Å². The number of benzene rings is 1. The Balaban J connectivity index is 1.84. The van der Waals surface area contributed by atoms with Crippen LogP contribution in [0.4, 0.5) is 0 Å². The van der Waals surface area contributed by atoms with Crippen molar-refractivity contribution < 1.29 is 19.0 Å². The van der Waals surface area contributed by atoms with Crippen molar-refractivity contribution in [3.8, 4) is 11.8 Å². The molecule has 8 nitrogen and oxygen atoms in total. The molecule has 1 aromatic carbocycles. The molecule has 8 heteroatoms. The molecule has 2 atom stereocenters. The number of ether oxygens (including phenoxy) is 3. The van der Waals surface area contributed by atoms with Crippen molar-refractivity contribution in [3.05, 3.63) is 74.5 Å². The highest BCUT2D eigenvalue weighted by Gasteiger charge is 2.34. The summed E-state index contributed by atoms with van der Waals surface area (Å²) in [5.41, 5.74) is 8.05. The first kappa shape index (κ1) is 20.7. The smallest absolute Gasteiger partial charge is 0.337 e. The first-order valence-corrected chi connectivity index (χ1v) is 10.1. The minimum Gasteiger partial charge on any atom is -0.465 e. The predicted molar refractivity (Wildman–Crippen MR) is 111 cm³/mol. The van der Waals surface area contributed by atoms with Crippen LogP contribution in [0.2, 0.25) is 0 Å². The largest absolute Gasteiger partial charge is 0.465 e. The Bertz CT molecular complexity index is 1150. The van der Waals surface area contributed by atoms with Gasteiger partial charge in [0, 0.05) is 18.4 Å². The number of methoxy groups -OCH3 is 1. The summed E-state index contributed by atoms with van der Waals surface area (Å²) in [6, 6.07) is 10.4. The minimum atomic E-state index is -0.704. The van der Waals surface area contributed by atoms with Crippen molar-refractivity contribution in [2.45, 2.75) is 38.3 Å². The van der Waals surface area contributed by atoms with Gasteiger partial charge in [-0.2, -0.15) is 5.26 Å². The Morgan fingerprint density at radius 1 is 1.35 bits per heavy atom. The normalized spacial score (nSPS) is 20.0. The molecule has 2 aliphatic heterocycles. The Kier molecular flexibility index (Phi) is 5.53. The third-order valence-corrected chi connectivity index (χ3v) is 5.77. The van der Waals surface area contributed by atoms with E-state index in [9.17, 15) is 14.9 Å². The number of hydrogen-bond acceptors (Lipinski definition) is 7. The van der Waals surface area contributed by atoms with Crippen LogP contribution in [0, 0.1) is 18.3 Å². The van der Waals surface area contributed by atoms with Gasteiger partial charge in [0.25, 0.3) is 5.56 Å². The number of nitrogens with two attached hydrogens (primary N) is 1. The zero-order chi connectivity index (χ0) is 22.1. The lowest BCUT2D eigenvalue weighted by Crippen LogP contribution is -2.35. The SMILES string of the molecule is COC(=O)c1ccc([C@@H]2C(C#N)=C(N)Oc3cc(C)n(C[C@@H]4CCCO4)c(=O)c32)cc1. The second-order valence-electron chi connectivity index (χ2n) is 7.65. The molecule has 0 unspecified atom stereocenters. The van der Waals surface area contributed by atoms with E-state index in [1.165, 1.54) is 7.11 Å². The van der Waals surface area contributed by atoms with Gasteiger partial charge in [-0.3, -0.25) is 4.79 Å². The zero-order valence-electron chi connectivity index (χ0n) is 17.4. The van der Waals surface area contributed by atoms with Gasteiger partial charge in [0.1, 0.15) is 17.4 Å². The quantitative estimate of drug-likeness (QED) is 0.753. The fraction of sp³-hybridized carbons (Fsp3) is 0.348. The first-order chi connectivity index (χ1) is 14.9. The maximum absolute atomic E-state index is 13.6. The molecule has 0 radical (unpaired) electrons. The summed E-state index contributed by atoms with van der Waals surface area (Å²) < 4.78 is 17.8. The Hall–Kier alpha value is -3.57. The molecule has 4 rings (SSSR count). The summed E-state index contributed by atoms with van der Waals surface area (Å²) in [6.07, 6.45) is 1.85. The second kappa shape index (κ2) is 8.28. The number of esters is 1. The number of carbonyl (C=O) groups is 1. The maximum Gasteiger partial charge on any atom is 0.337 e. The van der Waals surface area contributed by atoms with Crippen LogP contribution in [-0.2, 0) is 16.0 Å². The lowest BCUT2D eigenvalue weighted by Gasteiger charge is -2.28. The van der Waals surface area contributed by atoms with Gasteiger partial charge in [0.15, 0.2) is 0 Å². The van der Waals surface area contributed by atoms with Crippen molar-refractivity contribution in [2.24, 2.45) is 5.73 Å². The van der Waals surface area contributed by atoms with Gasteiger partial charge in [0.05, 0.1) is 36.8 Å². The molecule has 31 heavy (non-hydrogen) atoms. The number of rotatable bonds is 4. The summed E-state index contributed by atoms with van der Waals surface area (Å²) in [5, 5.41) is 9.77. The van der Waals surface area contributed by atoms with E-state index in [0.717, 1.165) is 18.5 Å². The average Bonchev–Trinajstić information content (AvgIpc) is 3.28. The van der Waals surface area contributed by atoms with Crippen LogP contribution < -0.4 is 16.0 Å². The number of aromatic nitrogens is 1. The molecule has 0 bridgehead atoms. The van der Waals surface area contributed by atoms with E-state index < -0.39 is 11.9 Å². The van der Waals surface area contributed by atoms with Crippen molar-refractivity contribution in [3.63, 3.8) is 0 Å². The fourth-order valence-electron chi connectivity index (χ4n) is 4.17. The van der Waals surface area contributed by atoms with Crippen LogP contribution in [0.25, 0.3) is 0 Å². The number of carbonyl (C=O) groups excluding carboxylic acids is 1. The Morgan fingerprint density at radius 3 is 2.71 bits per heavy atom. The molecule has 160 valence electrons. The number of hydrogen-bond donors (Lipinski definition) is 1. The number of aryl methyl sites for hydroxylation is 1. The molecule has 1 fully saturated rings. The van der Waals surface area contributed by atoms with Gasteiger partial charge in [0.2, 0.25) is 5.88 Å². The third-order valence-electron chi connectivity index (χ3n) is 5.77. The van der Waals surface area contributed by atoms with Crippen LogP contribution in [-0.4, -0.2) is 30.4 Å². The summed E-state index contributed by atoms with van der Waals surface area (Å²) in [5.74, 6) is -0.870. The highest BCUT2D eigenvalue weighted by atomic mass is 16.5. The van der Waals surface area contributed by atoms with E-state index in [-0.39, 0.29) is 23.1 Å². The highest BCUT2D eigenvalue weighted by molar-refractivity contribution is 5.89. The maximum atomic E-state index is 13.6. The average molecular weight is 421 g/mol. The molecular formula is C23H23N3O5. The Morgan fingerprint density at radius 2 is 2.10 bits per heavy atom. The predicted octanol–water partition coefficient (Wildman–Crippen LogP) is 2.34. The summed E-state index contributed by atoms with van der Waals surface area (Å²) in [7, 11) is 1.31. The number of nitrogens with zero attached hydrogens (tertiary/aromatic N) is 2. The molecule has 0 saturated carbocycles. The van der Waals surface area contributed by atoms with E-state index in [0.29, 0.717) is 35.6 Å². The van der Waals surface area contributed by atoms with Crippen molar-refractivity contribution >= 4 is 5.97 Å². The van der Waals surface area contributed by atoms with Gasteiger partial charge in [-0.05, 0) is 37.5 Å². The standard InChI is InChI=1S/C23H23N3O5/c1-13-10-18-20(22(27)26(13)12-16-4-3-9-30-16)19(17(11-24)21(25)31-18)14-5-7-15(8-6-14)23(28)29-2/h5-8,10,16,19H,3-4,9,12,25H2,1-2H3/t16-,19+/m0/s1. The molecule has 2 aliphatic rings. The monoisotopic (exact) mass is 421 g/mol. The summed E-state index contributed by atoms with van der Waals surface area (Å²) in [6.45, 7) is 2.96. The van der Waals surface area contributed by atoms with E-state index >= 15 is 0 Å². The van der Waals surface area contributed by atoms with Gasteiger partial charge >= 0.3 is 5.97 Å². The van der Waals surface area contributed by atoms with Gasteiger partial charge in [-0.25, -0.2) is 4.79 Å². The molecule has 1 saturated heterocycles. The van der Waals surface area contributed by atoms with E-state index in [2.05, 4.69) is 6.07 Å². The van der Waals surface area contributed by atoms with E-state index in [1.54, 1.807) is 34.9 Å². The van der Waals surface area contributed by atoms with Crippen molar-refractivity contribution in [1.29, 1.82) is 5.26 Å². The minimum absolute atomic E-state index is 0.0206. The first-order valence-electron chi connectivity index (χ1n) is 10.1. The lowest BCUT2D eigenvalue weighted by atomic mass is 9.83. The number of nitriles is 1. The van der Waals surface area contributed by atoms with Crippen LogP contribution >= 0.6 is 0 Å². The fourth-order valence-corrected chi connectivity index (χ4v) is 4.17. The Labute approximate surface area is 179 Å². The van der Waals surface area contributed by atoms with Gasteiger partial charge in [-0.15, -0.1) is 0 Å². The van der Waals surface area contributed by atoms with E-state index in [1.807, 2.05) is 6.92 Å². The molecule has 0 amide bonds. The number of fused-ring (bicyclic) bond motifs is 1. The van der Waals surface area contributed by atoms with Crippen LogP contribution in [0.5, 0.6) is 5.75 Å². The molecule has 1 aromatic heterocycles. The van der Waals surface area contributed by atoms with E-state index in [4.69, 9.17) is 19.9 Å². The zero-order valence-corrected chi connectivity index (χ0v) is 17.4. The molecule has 2 N–H and O–H groups in total.